The zero-order chi connectivity index (χ0) is 57.2. The average Bonchev–Trinajstić information content (AvgIpc) is 4.24. The van der Waals surface area contributed by atoms with Gasteiger partial charge < -0.3 is 49.6 Å². The smallest absolute Gasteiger partial charge is 0.319 e. The predicted molar refractivity (Wildman–Crippen MR) is 309 cm³/mol. The Bertz CT molecular complexity index is 2630. The van der Waals surface area contributed by atoms with Gasteiger partial charge in [-0.3, -0.25) is 28.8 Å². The number of anilines is 3. The molecule has 16 nitrogen and oxygen atoms in total. The number of carbonyl (C=O) groups excluding carboxylic acids is 6. The molecule has 6 aliphatic rings. The van der Waals surface area contributed by atoms with Crippen molar-refractivity contribution in [1.82, 2.24) is 16.0 Å². The Morgan fingerprint density at radius 3 is 1.38 bits per heavy atom. The van der Waals surface area contributed by atoms with Crippen LogP contribution in [-0.4, -0.2) is 126 Å². The van der Waals surface area contributed by atoms with E-state index in [4.69, 9.17) is 53.8 Å². The van der Waals surface area contributed by atoms with Gasteiger partial charge in [0.15, 0.2) is 0 Å². The SMILES string of the molecule is CC(C)(C)OC(=O)C1CCN(c2cc(Cl)ccc2[C@H]2CNC(=O)C2)CC1.CCOC(=O)C1C(=O)NC[C@@H]1c1ccc(Cl)cc1N1CCC(C(=O)OC(C)(C)C)CC1.COC(=O)C1CCN(c2cc(Cl)ccc2[C@@H]2CCNC2)CC1. The number of ether oxygens (including phenoxy) is 4. The van der Waals surface area contributed by atoms with Crippen molar-refractivity contribution in [2.75, 3.05) is 93.9 Å². The molecular formula is C60H81Cl3N6O10. The highest BCUT2D eigenvalue weighted by Gasteiger charge is 2.44. The van der Waals surface area contributed by atoms with Gasteiger partial charge in [-0.25, -0.2) is 0 Å². The van der Waals surface area contributed by atoms with Crippen LogP contribution in [0.3, 0.4) is 0 Å². The molecule has 9 rings (SSSR count). The van der Waals surface area contributed by atoms with Crippen LogP contribution in [-0.2, 0) is 47.7 Å². The molecule has 6 heterocycles. The van der Waals surface area contributed by atoms with E-state index in [-0.39, 0.29) is 65.9 Å². The zero-order valence-corrected chi connectivity index (χ0v) is 49.5. The van der Waals surface area contributed by atoms with Crippen LogP contribution >= 0.6 is 34.8 Å². The lowest BCUT2D eigenvalue weighted by Gasteiger charge is -2.36. The molecule has 6 aliphatic heterocycles. The number of benzene rings is 3. The van der Waals surface area contributed by atoms with Gasteiger partial charge in [-0.2, -0.15) is 0 Å². The van der Waals surface area contributed by atoms with E-state index in [0.29, 0.717) is 61.4 Å². The lowest BCUT2D eigenvalue weighted by molar-refractivity contribution is -0.161. The largest absolute Gasteiger partial charge is 0.469 e. The minimum absolute atomic E-state index is 0.0389. The second kappa shape index (κ2) is 27.4. The Hall–Kier alpha value is -5.29. The fourth-order valence-electron chi connectivity index (χ4n) is 11.5. The van der Waals surface area contributed by atoms with Gasteiger partial charge in [-0.1, -0.05) is 53.0 Å². The molecule has 6 fully saturated rings. The van der Waals surface area contributed by atoms with Crippen LogP contribution in [0.25, 0.3) is 0 Å². The minimum Gasteiger partial charge on any atom is -0.469 e. The standard InChI is InChI=1S/C23H31ClN2O5.C20H27ClN2O3.C17H23ClN2O2/c1-5-30-22(29)19-17(13-25-20(19)27)16-7-6-15(24)12-18(16)26-10-8-14(9-11-26)21(28)31-23(2,3)4;1-20(2,3)26-19(25)13-6-8-23(9-7-13)17-11-15(21)4-5-16(17)14-10-18(24)22-12-14;1-22-17(21)12-5-8-20(9-6-12)16-10-14(18)2-3-15(16)13-4-7-19-11-13/h6-7,12,14,17,19H,5,8-11,13H2,1-4H3,(H,25,27);4-5,11,13-14H,6-10,12H2,1-3H3,(H,22,24);2-3,10,12-13,19H,4-9,11H2,1H3/t17-,19?;14-;13-/m111/s1. The van der Waals surface area contributed by atoms with E-state index < -0.39 is 23.1 Å². The number of piperidine rings is 3. The van der Waals surface area contributed by atoms with Crippen molar-refractivity contribution in [3.8, 4) is 0 Å². The number of rotatable bonds is 11. The molecule has 0 saturated carbocycles. The Kier molecular flexibility index (Phi) is 21.3. The molecule has 79 heavy (non-hydrogen) atoms. The zero-order valence-electron chi connectivity index (χ0n) is 47.2. The number of halogens is 3. The Morgan fingerprint density at radius 1 is 0.557 bits per heavy atom. The van der Waals surface area contributed by atoms with E-state index in [2.05, 4.69) is 42.8 Å². The highest BCUT2D eigenvalue weighted by Crippen LogP contribution is 2.41. The van der Waals surface area contributed by atoms with Crippen molar-refractivity contribution in [2.24, 2.45) is 23.7 Å². The average molecular weight is 1150 g/mol. The maximum Gasteiger partial charge on any atom is 0.319 e. The van der Waals surface area contributed by atoms with Crippen molar-refractivity contribution < 1.29 is 47.7 Å². The molecule has 6 saturated heterocycles. The topological polar surface area (TPSA) is 185 Å². The molecule has 3 N–H and O–H groups in total. The maximum absolute atomic E-state index is 12.5. The summed E-state index contributed by atoms with van der Waals surface area (Å²) in [7, 11) is 1.47. The number of nitrogens with zero attached hydrogens (tertiary/aromatic N) is 3. The molecule has 4 atom stereocenters. The number of amides is 2. The van der Waals surface area contributed by atoms with Gasteiger partial charge in [0.25, 0.3) is 0 Å². The number of hydrogen-bond donors (Lipinski definition) is 3. The number of esters is 4. The van der Waals surface area contributed by atoms with Crippen molar-refractivity contribution in [2.45, 2.75) is 129 Å². The second-order valence-electron chi connectivity index (χ2n) is 23.5. The molecule has 3 aromatic rings. The van der Waals surface area contributed by atoms with E-state index >= 15 is 0 Å². The summed E-state index contributed by atoms with van der Waals surface area (Å²) in [6.07, 6.45) is 6.26. The summed E-state index contributed by atoms with van der Waals surface area (Å²) in [6.45, 7) is 21.1. The number of methoxy groups -OCH3 is 1. The van der Waals surface area contributed by atoms with Crippen LogP contribution in [0.2, 0.25) is 15.1 Å². The van der Waals surface area contributed by atoms with Crippen molar-refractivity contribution in [3.05, 3.63) is 86.4 Å². The van der Waals surface area contributed by atoms with Gasteiger partial charge in [-0.05, 0) is 159 Å². The first-order chi connectivity index (χ1) is 37.5. The van der Waals surface area contributed by atoms with Crippen LogP contribution in [0, 0.1) is 23.7 Å². The third-order valence-corrected chi connectivity index (χ3v) is 16.2. The molecule has 0 aromatic heterocycles. The highest BCUT2D eigenvalue weighted by atomic mass is 35.5. The molecule has 3 aromatic carbocycles. The summed E-state index contributed by atoms with van der Waals surface area (Å²) in [5, 5.41) is 11.2. The van der Waals surface area contributed by atoms with E-state index in [0.717, 1.165) is 92.5 Å². The predicted octanol–water partition coefficient (Wildman–Crippen LogP) is 9.60. The quantitative estimate of drug-likeness (QED) is 0.0937. The normalized spacial score (nSPS) is 22.2. The van der Waals surface area contributed by atoms with Gasteiger partial charge in [0.05, 0.1) is 31.5 Å². The summed E-state index contributed by atoms with van der Waals surface area (Å²) in [4.78, 5) is 79.7. The third-order valence-electron chi connectivity index (χ3n) is 15.5. The first kappa shape index (κ1) is 61.3. The summed E-state index contributed by atoms with van der Waals surface area (Å²) < 4.78 is 21.1. The van der Waals surface area contributed by atoms with E-state index in [1.807, 2.05) is 77.9 Å². The van der Waals surface area contributed by atoms with Crippen LogP contribution in [0.4, 0.5) is 17.1 Å². The number of hydrogen-bond acceptors (Lipinski definition) is 14. The summed E-state index contributed by atoms with van der Waals surface area (Å²) in [5.74, 6) is -1.68. The van der Waals surface area contributed by atoms with Gasteiger partial charge in [0.2, 0.25) is 11.8 Å². The van der Waals surface area contributed by atoms with Crippen LogP contribution in [0.5, 0.6) is 0 Å². The van der Waals surface area contributed by atoms with E-state index in [1.165, 1.54) is 24.8 Å². The van der Waals surface area contributed by atoms with Gasteiger partial charge in [0.1, 0.15) is 17.1 Å². The molecule has 2 amide bonds. The molecule has 432 valence electrons. The maximum atomic E-state index is 12.5. The van der Waals surface area contributed by atoms with Crippen molar-refractivity contribution in [1.29, 1.82) is 0 Å². The Labute approximate surface area is 481 Å². The molecule has 19 heteroatoms. The summed E-state index contributed by atoms with van der Waals surface area (Å²) >= 11 is 18.8. The van der Waals surface area contributed by atoms with Gasteiger partial charge in [-0.15, -0.1) is 0 Å². The molecule has 0 bridgehead atoms. The second-order valence-corrected chi connectivity index (χ2v) is 24.8. The summed E-state index contributed by atoms with van der Waals surface area (Å²) in [5.41, 5.74) is 5.69. The molecule has 0 radical (unpaired) electrons. The minimum atomic E-state index is -0.876. The third kappa shape index (κ3) is 16.7. The molecule has 0 spiro atoms. The van der Waals surface area contributed by atoms with Crippen LogP contribution in [0.1, 0.15) is 134 Å². The van der Waals surface area contributed by atoms with Crippen molar-refractivity contribution >= 4 is 87.6 Å². The first-order valence-electron chi connectivity index (χ1n) is 28.1. The van der Waals surface area contributed by atoms with E-state index in [1.54, 1.807) is 13.0 Å². The van der Waals surface area contributed by atoms with Gasteiger partial charge >= 0.3 is 23.9 Å². The van der Waals surface area contributed by atoms with E-state index in [9.17, 15) is 28.8 Å². The molecule has 1 unspecified atom stereocenters. The fraction of sp³-hybridized carbons (Fsp3) is 0.600. The lowest BCUT2D eigenvalue weighted by Crippen LogP contribution is -2.39. The van der Waals surface area contributed by atoms with Crippen molar-refractivity contribution in [3.63, 3.8) is 0 Å². The number of carbonyl (C=O) groups is 6. The Morgan fingerprint density at radius 2 is 0.987 bits per heavy atom. The number of nitrogens with one attached hydrogen (secondary N) is 3. The van der Waals surface area contributed by atoms with Gasteiger partial charge in [0, 0.05) is 109 Å². The lowest BCUT2D eigenvalue weighted by atomic mass is 9.86. The summed E-state index contributed by atoms with van der Waals surface area (Å²) in [6, 6.07) is 17.7. The molecular weight excluding hydrogens is 1070 g/mol. The Balaban J connectivity index is 0.000000174. The monoisotopic (exact) mass is 1150 g/mol. The van der Waals surface area contributed by atoms with Crippen LogP contribution < -0.4 is 30.7 Å². The molecule has 0 aliphatic carbocycles. The highest BCUT2D eigenvalue weighted by molar-refractivity contribution is 6.31. The first-order valence-corrected chi connectivity index (χ1v) is 29.2. The fourth-order valence-corrected chi connectivity index (χ4v) is 12.0. The van der Waals surface area contributed by atoms with Crippen LogP contribution in [0.15, 0.2) is 54.6 Å².